The van der Waals surface area contributed by atoms with Gasteiger partial charge in [-0.1, -0.05) is 6.42 Å². The van der Waals surface area contributed by atoms with Gasteiger partial charge in [0.05, 0.1) is 11.3 Å². The highest BCUT2D eigenvalue weighted by atomic mass is 19.2. The normalized spacial score (nSPS) is 14.5. The van der Waals surface area contributed by atoms with Crippen LogP contribution < -0.4 is 10.6 Å². The SMILES string of the molecule is O=C(NCC1CCC1)Nc1cc(F)c(F)cc1C(=O)O. The summed E-state index contributed by atoms with van der Waals surface area (Å²) in [5, 5.41) is 13.7. The van der Waals surface area contributed by atoms with E-state index >= 15 is 0 Å². The Kier molecular flexibility index (Phi) is 4.16. The van der Waals surface area contributed by atoms with Gasteiger partial charge in [-0.2, -0.15) is 0 Å². The fraction of sp³-hybridized carbons (Fsp3) is 0.385. The van der Waals surface area contributed by atoms with Gasteiger partial charge in [0.1, 0.15) is 0 Å². The molecule has 7 heteroatoms. The highest BCUT2D eigenvalue weighted by Crippen LogP contribution is 2.25. The van der Waals surface area contributed by atoms with E-state index in [0.29, 0.717) is 24.6 Å². The summed E-state index contributed by atoms with van der Waals surface area (Å²) in [7, 11) is 0. The maximum Gasteiger partial charge on any atom is 0.337 e. The Morgan fingerprint density at radius 3 is 2.45 bits per heavy atom. The number of carbonyl (C=O) groups excluding carboxylic acids is 1. The summed E-state index contributed by atoms with van der Waals surface area (Å²) >= 11 is 0. The van der Waals surface area contributed by atoms with Crippen LogP contribution in [0.3, 0.4) is 0 Å². The Morgan fingerprint density at radius 2 is 1.90 bits per heavy atom. The summed E-state index contributed by atoms with van der Waals surface area (Å²) in [6, 6.07) is 0.561. The number of carboxylic acid groups (broad SMARTS) is 1. The fourth-order valence-corrected chi connectivity index (χ4v) is 1.93. The van der Waals surface area contributed by atoms with E-state index in [1.165, 1.54) is 0 Å². The van der Waals surface area contributed by atoms with Crippen LogP contribution in [-0.2, 0) is 0 Å². The molecule has 0 heterocycles. The monoisotopic (exact) mass is 284 g/mol. The highest BCUT2D eigenvalue weighted by Gasteiger charge is 2.20. The van der Waals surface area contributed by atoms with Gasteiger partial charge in [-0.15, -0.1) is 0 Å². The molecule has 3 N–H and O–H groups in total. The van der Waals surface area contributed by atoms with Crippen LogP contribution in [0.2, 0.25) is 0 Å². The minimum atomic E-state index is -1.45. The zero-order valence-electron chi connectivity index (χ0n) is 10.6. The molecular formula is C13H14F2N2O3. The zero-order valence-corrected chi connectivity index (χ0v) is 10.6. The summed E-state index contributed by atoms with van der Waals surface area (Å²) in [6.07, 6.45) is 3.23. The average molecular weight is 284 g/mol. The lowest BCUT2D eigenvalue weighted by Gasteiger charge is -2.25. The number of amides is 2. The van der Waals surface area contributed by atoms with E-state index in [1.54, 1.807) is 0 Å². The minimum Gasteiger partial charge on any atom is -0.478 e. The van der Waals surface area contributed by atoms with Crippen LogP contribution in [0, 0.1) is 17.6 Å². The molecule has 1 aromatic rings. The van der Waals surface area contributed by atoms with Gasteiger partial charge >= 0.3 is 12.0 Å². The molecule has 1 aliphatic rings. The van der Waals surface area contributed by atoms with E-state index in [0.717, 1.165) is 19.3 Å². The summed E-state index contributed by atoms with van der Waals surface area (Å²) in [6.45, 7) is 0.484. The van der Waals surface area contributed by atoms with Crippen molar-refractivity contribution >= 4 is 17.7 Å². The fourth-order valence-electron chi connectivity index (χ4n) is 1.93. The van der Waals surface area contributed by atoms with Gasteiger partial charge in [-0.05, 0) is 24.8 Å². The highest BCUT2D eigenvalue weighted by molar-refractivity contribution is 6.00. The van der Waals surface area contributed by atoms with Crippen LogP contribution in [-0.4, -0.2) is 23.7 Å². The van der Waals surface area contributed by atoms with E-state index in [9.17, 15) is 18.4 Å². The number of hydrogen-bond donors (Lipinski definition) is 3. The summed E-state index contributed by atoms with van der Waals surface area (Å²) < 4.78 is 26.1. The molecule has 0 saturated heterocycles. The van der Waals surface area contributed by atoms with Gasteiger partial charge in [0, 0.05) is 12.6 Å². The lowest BCUT2D eigenvalue weighted by molar-refractivity contribution is 0.0697. The Balaban J connectivity index is 2.04. The number of hydrogen-bond acceptors (Lipinski definition) is 2. The van der Waals surface area contributed by atoms with Crippen molar-refractivity contribution in [2.24, 2.45) is 5.92 Å². The van der Waals surface area contributed by atoms with Crippen molar-refractivity contribution in [3.63, 3.8) is 0 Å². The molecule has 1 fully saturated rings. The maximum absolute atomic E-state index is 13.1. The van der Waals surface area contributed by atoms with Crippen LogP contribution in [0.4, 0.5) is 19.3 Å². The Hall–Kier alpha value is -2.18. The molecule has 108 valence electrons. The summed E-state index contributed by atoms with van der Waals surface area (Å²) in [4.78, 5) is 22.5. The number of carbonyl (C=O) groups is 2. The molecule has 0 spiro atoms. The molecule has 0 unspecified atom stereocenters. The number of anilines is 1. The van der Waals surface area contributed by atoms with Gasteiger partial charge in [0.25, 0.3) is 0 Å². The van der Waals surface area contributed by atoms with Crippen molar-refractivity contribution in [2.75, 3.05) is 11.9 Å². The topological polar surface area (TPSA) is 78.4 Å². The number of aromatic carboxylic acids is 1. The van der Waals surface area contributed by atoms with Crippen LogP contribution in [0.25, 0.3) is 0 Å². The largest absolute Gasteiger partial charge is 0.478 e. The van der Waals surface area contributed by atoms with Crippen molar-refractivity contribution in [3.8, 4) is 0 Å². The standard InChI is InChI=1S/C13H14F2N2O3/c14-9-4-8(12(18)19)11(5-10(9)15)17-13(20)16-6-7-2-1-3-7/h4-5,7H,1-3,6H2,(H,18,19)(H2,16,17,20). The molecule has 1 saturated carbocycles. The second-order valence-electron chi connectivity index (χ2n) is 4.75. The third-order valence-electron chi connectivity index (χ3n) is 3.32. The van der Waals surface area contributed by atoms with Gasteiger partial charge < -0.3 is 15.7 Å². The smallest absolute Gasteiger partial charge is 0.337 e. The quantitative estimate of drug-likeness (QED) is 0.795. The summed E-state index contributed by atoms with van der Waals surface area (Å²) in [5.74, 6) is -3.50. The predicted molar refractivity (Wildman–Crippen MR) is 67.7 cm³/mol. The Labute approximate surface area is 114 Å². The van der Waals surface area contributed by atoms with Crippen LogP contribution in [0.5, 0.6) is 0 Å². The lowest BCUT2D eigenvalue weighted by Crippen LogP contribution is -2.35. The second-order valence-corrected chi connectivity index (χ2v) is 4.75. The first-order chi connectivity index (χ1) is 9.47. The van der Waals surface area contributed by atoms with Crippen LogP contribution >= 0.6 is 0 Å². The molecule has 0 aliphatic heterocycles. The van der Waals surface area contributed by atoms with Crippen LogP contribution in [0.15, 0.2) is 12.1 Å². The first-order valence-electron chi connectivity index (χ1n) is 6.24. The molecule has 5 nitrogen and oxygen atoms in total. The molecular weight excluding hydrogens is 270 g/mol. The molecule has 1 aliphatic carbocycles. The van der Waals surface area contributed by atoms with Crippen molar-refractivity contribution in [2.45, 2.75) is 19.3 Å². The third-order valence-corrected chi connectivity index (χ3v) is 3.32. The van der Waals surface area contributed by atoms with E-state index < -0.39 is 29.2 Å². The van der Waals surface area contributed by atoms with E-state index in [-0.39, 0.29) is 5.69 Å². The minimum absolute atomic E-state index is 0.275. The predicted octanol–water partition coefficient (Wildman–Crippen LogP) is 2.58. The van der Waals surface area contributed by atoms with Gasteiger partial charge in [-0.3, -0.25) is 0 Å². The van der Waals surface area contributed by atoms with Crippen molar-refractivity contribution < 1.29 is 23.5 Å². The number of nitrogens with one attached hydrogen (secondary N) is 2. The Bertz CT molecular complexity index is 545. The van der Waals surface area contributed by atoms with Gasteiger partial charge in [0.2, 0.25) is 0 Å². The first kappa shape index (κ1) is 14.2. The molecule has 1 aromatic carbocycles. The maximum atomic E-state index is 13.1. The Morgan fingerprint density at radius 1 is 1.25 bits per heavy atom. The number of urea groups is 1. The summed E-state index contributed by atoms with van der Waals surface area (Å²) in [5.41, 5.74) is -0.773. The third kappa shape index (κ3) is 3.23. The molecule has 0 aromatic heterocycles. The first-order valence-corrected chi connectivity index (χ1v) is 6.24. The number of halogens is 2. The number of rotatable bonds is 4. The molecule has 20 heavy (non-hydrogen) atoms. The van der Waals surface area contributed by atoms with E-state index in [4.69, 9.17) is 5.11 Å². The van der Waals surface area contributed by atoms with Gasteiger partial charge in [0.15, 0.2) is 11.6 Å². The van der Waals surface area contributed by atoms with Crippen LogP contribution in [0.1, 0.15) is 29.6 Å². The van der Waals surface area contributed by atoms with E-state index in [2.05, 4.69) is 10.6 Å². The number of carboxylic acids is 1. The van der Waals surface area contributed by atoms with E-state index in [1.807, 2.05) is 0 Å². The molecule has 2 rings (SSSR count). The van der Waals surface area contributed by atoms with Crippen molar-refractivity contribution in [3.05, 3.63) is 29.3 Å². The average Bonchev–Trinajstić information content (AvgIpc) is 2.31. The molecule has 0 atom stereocenters. The molecule has 0 radical (unpaired) electrons. The van der Waals surface area contributed by atoms with Crippen molar-refractivity contribution in [1.82, 2.24) is 5.32 Å². The molecule has 0 bridgehead atoms. The number of benzene rings is 1. The second kappa shape index (κ2) is 5.85. The lowest BCUT2D eigenvalue weighted by atomic mass is 9.85. The van der Waals surface area contributed by atoms with Gasteiger partial charge in [-0.25, -0.2) is 18.4 Å². The molecule has 2 amide bonds. The van der Waals surface area contributed by atoms with Crippen molar-refractivity contribution in [1.29, 1.82) is 0 Å². The zero-order chi connectivity index (χ0) is 14.7.